The summed E-state index contributed by atoms with van der Waals surface area (Å²) in [5.74, 6) is -0.543. The third kappa shape index (κ3) is 5.53. The van der Waals surface area contributed by atoms with Gasteiger partial charge in [0.15, 0.2) is 0 Å². The number of amides is 2. The first kappa shape index (κ1) is 24.8. The first-order chi connectivity index (χ1) is 16.7. The van der Waals surface area contributed by atoms with E-state index in [2.05, 4.69) is 49.3 Å². The molecule has 0 radical (unpaired) electrons. The van der Waals surface area contributed by atoms with Crippen LogP contribution in [0.25, 0.3) is 0 Å². The second-order valence-electron chi connectivity index (χ2n) is 8.47. The highest BCUT2D eigenvalue weighted by Gasteiger charge is 2.32. The Labute approximate surface area is 209 Å². The molecule has 182 valence electrons. The summed E-state index contributed by atoms with van der Waals surface area (Å²) in [4.78, 5) is 25.0. The lowest BCUT2D eigenvalue weighted by Crippen LogP contribution is -2.27. The molecule has 1 aliphatic heterocycles. The predicted octanol–water partition coefficient (Wildman–Crippen LogP) is 4.17. The molecule has 0 bridgehead atoms. The monoisotopic (exact) mass is 509 g/mol. The fraction of sp³-hybridized carbons (Fsp3) is 0.231. The van der Waals surface area contributed by atoms with E-state index in [1.807, 2.05) is 0 Å². The minimum absolute atomic E-state index is 0.138. The van der Waals surface area contributed by atoms with Crippen molar-refractivity contribution in [3.05, 3.63) is 93.9 Å². The van der Waals surface area contributed by atoms with Crippen LogP contribution in [0, 0.1) is 13.8 Å². The summed E-state index contributed by atoms with van der Waals surface area (Å²) in [7, 11) is -3.72. The van der Waals surface area contributed by atoms with Crippen LogP contribution in [0.5, 0.6) is 0 Å². The Morgan fingerprint density at radius 3 is 2.46 bits per heavy atom. The predicted molar refractivity (Wildman–Crippen MR) is 138 cm³/mol. The maximum atomic E-state index is 13.1. The van der Waals surface area contributed by atoms with Gasteiger partial charge in [-0.25, -0.2) is 8.42 Å². The number of carbonyl (C=O) groups is 2. The number of carbonyl (C=O) groups excluding carboxylic acids is 2. The Morgan fingerprint density at radius 2 is 1.80 bits per heavy atom. The van der Waals surface area contributed by atoms with Crippen molar-refractivity contribution in [2.24, 2.45) is 0 Å². The standard InChI is InChI=1S/C26H27N3O4S2/c1-4-24(30)28-25-14-21-15-29(16-23(21)34-25)35(32,33)22-9-7-20(8-10-22)26(31)27-12-11-19-6-5-17(2)18(3)13-19/h4-10,13-14H,1,11-12,15-16H2,2-3H3,(H,27,31)(H,28,30). The molecule has 2 N–H and O–H groups in total. The Kier molecular flexibility index (Phi) is 7.20. The van der Waals surface area contributed by atoms with E-state index in [0.29, 0.717) is 17.1 Å². The zero-order valence-corrected chi connectivity index (χ0v) is 21.3. The van der Waals surface area contributed by atoms with Crippen LogP contribution >= 0.6 is 11.3 Å². The van der Waals surface area contributed by atoms with Crippen LogP contribution < -0.4 is 10.6 Å². The summed E-state index contributed by atoms with van der Waals surface area (Å²) in [5, 5.41) is 6.27. The quantitative estimate of drug-likeness (QED) is 0.446. The number of benzene rings is 2. The molecular weight excluding hydrogens is 482 g/mol. The largest absolute Gasteiger partial charge is 0.352 e. The molecule has 2 heterocycles. The molecule has 2 aromatic carbocycles. The highest BCUT2D eigenvalue weighted by atomic mass is 32.2. The Balaban J connectivity index is 1.35. The molecule has 7 nitrogen and oxygen atoms in total. The summed E-state index contributed by atoms with van der Waals surface area (Å²) in [6, 6.07) is 14.1. The van der Waals surface area contributed by atoms with Crippen molar-refractivity contribution in [2.45, 2.75) is 38.3 Å². The minimum Gasteiger partial charge on any atom is -0.352 e. The van der Waals surface area contributed by atoms with Crippen molar-refractivity contribution in [2.75, 3.05) is 11.9 Å². The van der Waals surface area contributed by atoms with Crippen LogP contribution in [0.2, 0.25) is 0 Å². The number of aryl methyl sites for hydroxylation is 2. The molecule has 1 aliphatic rings. The zero-order chi connectivity index (χ0) is 25.2. The van der Waals surface area contributed by atoms with Crippen LogP contribution in [0.1, 0.15) is 37.5 Å². The van der Waals surface area contributed by atoms with Gasteiger partial charge in [0, 0.05) is 30.1 Å². The molecule has 4 rings (SSSR count). The average molecular weight is 510 g/mol. The fourth-order valence-electron chi connectivity index (χ4n) is 3.85. The lowest BCUT2D eigenvalue weighted by molar-refractivity contribution is -0.111. The van der Waals surface area contributed by atoms with Crippen LogP contribution in [0.3, 0.4) is 0 Å². The van der Waals surface area contributed by atoms with Gasteiger partial charge >= 0.3 is 0 Å². The molecule has 35 heavy (non-hydrogen) atoms. The fourth-order valence-corrected chi connectivity index (χ4v) is 6.41. The van der Waals surface area contributed by atoms with Crippen molar-refractivity contribution in [1.82, 2.24) is 9.62 Å². The van der Waals surface area contributed by atoms with Crippen LogP contribution in [0.15, 0.2) is 66.1 Å². The molecule has 0 aliphatic carbocycles. The molecule has 0 atom stereocenters. The number of nitrogens with one attached hydrogen (secondary N) is 2. The molecule has 2 amide bonds. The zero-order valence-electron chi connectivity index (χ0n) is 19.6. The van der Waals surface area contributed by atoms with Gasteiger partial charge in [-0.1, -0.05) is 24.8 Å². The topological polar surface area (TPSA) is 95.6 Å². The summed E-state index contributed by atoms with van der Waals surface area (Å²) in [5.41, 5.74) is 4.90. The van der Waals surface area contributed by atoms with E-state index in [1.165, 1.54) is 57.1 Å². The number of hydrogen-bond donors (Lipinski definition) is 2. The maximum Gasteiger partial charge on any atom is 0.251 e. The van der Waals surface area contributed by atoms with E-state index in [1.54, 1.807) is 6.07 Å². The van der Waals surface area contributed by atoms with Crippen LogP contribution in [-0.4, -0.2) is 31.1 Å². The first-order valence-electron chi connectivity index (χ1n) is 11.2. The lowest BCUT2D eigenvalue weighted by atomic mass is 10.0. The van der Waals surface area contributed by atoms with Gasteiger partial charge in [0.05, 0.1) is 9.90 Å². The first-order valence-corrected chi connectivity index (χ1v) is 13.4. The maximum absolute atomic E-state index is 13.1. The highest BCUT2D eigenvalue weighted by molar-refractivity contribution is 7.89. The second-order valence-corrected chi connectivity index (χ2v) is 11.5. The number of rotatable bonds is 8. The Hall–Kier alpha value is -3.27. The van der Waals surface area contributed by atoms with E-state index in [0.717, 1.165) is 22.4 Å². The van der Waals surface area contributed by atoms with Gasteiger partial charge in [0.1, 0.15) is 0 Å². The van der Waals surface area contributed by atoms with Gasteiger partial charge in [-0.2, -0.15) is 4.31 Å². The van der Waals surface area contributed by atoms with Crippen LogP contribution in [-0.2, 0) is 34.3 Å². The molecule has 0 fully saturated rings. The molecule has 1 aromatic heterocycles. The number of fused-ring (bicyclic) bond motifs is 1. The van der Waals surface area contributed by atoms with Gasteiger partial charge in [-0.15, -0.1) is 11.3 Å². The van der Waals surface area contributed by atoms with E-state index in [9.17, 15) is 18.0 Å². The Bertz CT molecular complexity index is 1370. The summed E-state index contributed by atoms with van der Waals surface area (Å²) in [6.45, 7) is 8.53. The van der Waals surface area contributed by atoms with E-state index < -0.39 is 10.0 Å². The second kappa shape index (κ2) is 10.2. The number of sulfonamides is 1. The molecular formula is C26H27N3O4S2. The summed E-state index contributed by atoms with van der Waals surface area (Å²) < 4.78 is 27.6. The van der Waals surface area contributed by atoms with E-state index in [-0.39, 0.29) is 29.8 Å². The molecule has 0 saturated heterocycles. The Morgan fingerprint density at radius 1 is 1.06 bits per heavy atom. The number of thiophene rings is 1. The van der Waals surface area contributed by atoms with Crippen molar-refractivity contribution >= 4 is 38.2 Å². The van der Waals surface area contributed by atoms with E-state index >= 15 is 0 Å². The van der Waals surface area contributed by atoms with Crippen molar-refractivity contribution in [1.29, 1.82) is 0 Å². The van der Waals surface area contributed by atoms with Crippen molar-refractivity contribution < 1.29 is 18.0 Å². The molecule has 9 heteroatoms. The SMILES string of the molecule is C=CC(=O)Nc1cc2c(s1)CN(S(=O)(=O)c1ccc(C(=O)NCCc3ccc(C)c(C)c3)cc1)C2. The van der Waals surface area contributed by atoms with Crippen molar-refractivity contribution in [3.8, 4) is 0 Å². The molecule has 0 spiro atoms. The van der Waals surface area contributed by atoms with Gasteiger partial charge in [0.2, 0.25) is 15.9 Å². The number of hydrogen-bond acceptors (Lipinski definition) is 5. The normalized spacial score (nSPS) is 13.3. The molecule has 0 saturated carbocycles. The lowest BCUT2D eigenvalue weighted by Gasteiger charge is -2.16. The van der Waals surface area contributed by atoms with Gasteiger partial charge in [-0.05, 0) is 78.9 Å². The third-order valence-electron chi connectivity index (χ3n) is 6.02. The van der Waals surface area contributed by atoms with Gasteiger partial charge < -0.3 is 10.6 Å². The minimum atomic E-state index is -3.72. The number of anilines is 1. The van der Waals surface area contributed by atoms with Crippen LogP contribution in [0.4, 0.5) is 5.00 Å². The molecule has 0 unspecified atom stereocenters. The third-order valence-corrected chi connectivity index (χ3v) is 8.90. The van der Waals surface area contributed by atoms with Crippen molar-refractivity contribution in [3.63, 3.8) is 0 Å². The number of nitrogens with zero attached hydrogens (tertiary/aromatic N) is 1. The average Bonchev–Trinajstić information content (AvgIpc) is 3.40. The summed E-state index contributed by atoms with van der Waals surface area (Å²) >= 11 is 1.36. The summed E-state index contributed by atoms with van der Waals surface area (Å²) in [6.07, 6.45) is 1.91. The van der Waals surface area contributed by atoms with Gasteiger partial charge in [-0.3, -0.25) is 9.59 Å². The smallest absolute Gasteiger partial charge is 0.251 e. The van der Waals surface area contributed by atoms with Gasteiger partial charge in [0.25, 0.3) is 5.91 Å². The highest BCUT2D eigenvalue weighted by Crippen LogP contribution is 2.36. The molecule has 3 aromatic rings. The van der Waals surface area contributed by atoms with E-state index in [4.69, 9.17) is 0 Å².